The van der Waals surface area contributed by atoms with Crippen molar-refractivity contribution in [3.8, 4) is 5.75 Å². The predicted molar refractivity (Wildman–Crippen MR) is 85.9 cm³/mol. The number of pyridine rings is 1. The molecule has 0 fully saturated rings. The fourth-order valence-electron chi connectivity index (χ4n) is 2.31. The molecule has 3 heteroatoms. The van der Waals surface area contributed by atoms with Crippen LogP contribution >= 0.6 is 0 Å². The molecular formula is C18H16N2O. The van der Waals surface area contributed by atoms with Gasteiger partial charge in [0.25, 0.3) is 0 Å². The number of aliphatic imine (C=N–C) groups is 1. The number of hydrogen-bond acceptors (Lipinski definition) is 3. The summed E-state index contributed by atoms with van der Waals surface area (Å²) in [5.74, 6) is 0.241. The number of rotatable bonds is 3. The van der Waals surface area contributed by atoms with Crippen LogP contribution in [0.5, 0.6) is 5.75 Å². The second-order valence-corrected chi connectivity index (χ2v) is 4.93. The number of fused-ring (bicyclic) bond motifs is 1. The molecule has 0 radical (unpaired) electrons. The summed E-state index contributed by atoms with van der Waals surface area (Å²) < 4.78 is 0. The lowest BCUT2D eigenvalue weighted by Crippen LogP contribution is -1.94. The van der Waals surface area contributed by atoms with Gasteiger partial charge in [-0.1, -0.05) is 36.4 Å². The number of aromatic nitrogens is 1. The van der Waals surface area contributed by atoms with Gasteiger partial charge in [-0.05, 0) is 35.9 Å². The molecule has 1 N–H and O–H groups in total. The molecule has 0 saturated heterocycles. The van der Waals surface area contributed by atoms with Crippen molar-refractivity contribution < 1.29 is 5.11 Å². The van der Waals surface area contributed by atoms with Gasteiger partial charge in [0.1, 0.15) is 5.75 Å². The van der Waals surface area contributed by atoms with E-state index >= 15 is 0 Å². The maximum absolute atomic E-state index is 10.1. The molecule has 0 aliphatic rings. The van der Waals surface area contributed by atoms with Crippen molar-refractivity contribution in [2.24, 2.45) is 4.99 Å². The maximum atomic E-state index is 10.1. The Morgan fingerprint density at radius 1 is 1.05 bits per heavy atom. The second-order valence-electron chi connectivity index (χ2n) is 4.93. The first-order valence-electron chi connectivity index (χ1n) is 6.90. The van der Waals surface area contributed by atoms with Gasteiger partial charge < -0.3 is 5.11 Å². The van der Waals surface area contributed by atoms with Gasteiger partial charge >= 0.3 is 0 Å². The zero-order chi connectivity index (χ0) is 14.7. The molecule has 1 heterocycles. The Labute approximate surface area is 123 Å². The number of hydrogen-bond donors (Lipinski definition) is 1. The summed E-state index contributed by atoms with van der Waals surface area (Å²) in [7, 11) is 0. The Morgan fingerprint density at radius 3 is 2.67 bits per heavy atom. The molecule has 1 atom stereocenters. The quantitative estimate of drug-likeness (QED) is 0.731. The van der Waals surface area contributed by atoms with E-state index in [0.717, 1.165) is 22.0 Å². The van der Waals surface area contributed by atoms with Crippen molar-refractivity contribution in [1.82, 2.24) is 4.98 Å². The Kier molecular flexibility index (Phi) is 3.65. The Balaban J connectivity index is 1.98. The molecule has 2 aromatic carbocycles. The first-order valence-corrected chi connectivity index (χ1v) is 6.90. The minimum Gasteiger partial charge on any atom is -0.507 e. The van der Waals surface area contributed by atoms with Crippen LogP contribution in [0.1, 0.15) is 24.2 Å². The van der Waals surface area contributed by atoms with Crippen LogP contribution in [0, 0.1) is 0 Å². The maximum Gasteiger partial charge on any atom is 0.124 e. The minimum absolute atomic E-state index is 0.0513. The van der Waals surface area contributed by atoms with Gasteiger partial charge in [0.15, 0.2) is 0 Å². The smallest absolute Gasteiger partial charge is 0.124 e. The fraction of sp³-hybridized carbons (Fsp3) is 0.111. The summed E-state index contributed by atoms with van der Waals surface area (Å²) >= 11 is 0. The molecule has 1 aromatic heterocycles. The van der Waals surface area contributed by atoms with E-state index in [2.05, 4.69) is 9.98 Å². The van der Waals surface area contributed by atoms with Crippen molar-refractivity contribution in [2.45, 2.75) is 13.0 Å². The van der Waals surface area contributed by atoms with Crippen LogP contribution in [-0.4, -0.2) is 16.3 Å². The van der Waals surface area contributed by atoms with E-state index in [4.69, 9.17) is 0 Å². The largest absolute Gasteiger partial charge is 0.507 e. The van der Waals surface area contributed by atoms with Crippen molar-refractivity contribution in [3.05, 3.63) is 72.1 Å². The lowest BCUT2D eigenvalue weighted by molar-refractivity contribution is 0.475. The third-order valence-corrected chi connectivity index (χ3v) is 3.49. The molecule has 3 rings (SSSR count). The molecule has 0 bridgehead atoms. The van der Waals surface area contributed by atoms with Crippen LogP contribution in [-0.2, 0) is 0 Å². The number of phenols is 1. The van der Waals surface area contributed by atoms with Gasteiger partial charge in [0.2, 0.25) is 0 Å². The lowest BCUT2D eigenvalue weighted by Gasteiger charge is -2.07. The van der Waals surface area contributed by atoms with Crippen LogP contribution in [0.15, 0.2) is 65.8 Å². The average molecular weight is 276 g/mol. The van der Waals surface area contributed by atoms with Crippen LogP contribution in [0.25, 0.3) is 10.8 Å². The van der Waals surface area contributed by atoms with E-state index in [1.54, 1.807) is 18.5 Å². The molecule has 21 heavy (non-hydrogen) atoms. The Bertz CT molecular complexity index is 782. The molecule has 3 aromatic rings. The summed E-state index contributed by atoms with van der Waals surface area (Å²) in [6.07, 6.45) is 3.49. The third-order valence-electron chi connectivity index (χ3n) is 3.49. The summed E-state index contributed by atoms with van der Waals surface area (Å²) in [6, 6.07) is 17.3. The third kappa shape index (κ3) is 2.77. The van der Waals surface area contributed by atoms with E-state index in [1.165, 1.54) is 0 Å². The van der Waals surface area contributed by atoms with Crippen LogP contribution in [0.2, 0.25) is 0 Å². The molecule has 3 nitrogen and oxygen atoms in total. The van der Waals surface area contributed by atoms with Crippen molar-refractivity contribution in [2.75, 3.05) is 0 Å². The number of phenolic OH excluding ortho intramolecular Hbond substituents is 1. The van der Waals surface area contributed by atoms with Gasteiger partial charge in [0.05, 0.1) is 11.7 Å². The van der Waals surface area contributed by atoms with Gasteiger partial charge in [-0.2, -0.15) is 0 Å². The Morgan fingerprint density at radius 2 is 1.86 bits per heavy atom. The van der Waals surface area contributed by atoms with Gasteiger partial charge in [-0.15, -0.1) is 0 Å². The number of benzene rings is 2. The van der Waals surface area contributed by atoms with E-state index in [0.29, 0.717) is 0 Å². The highest BCUT2D eigenvalue weighted by atomic mass is 16.3. The normalized spacial score (nSPS) is 12.8. The zero-order valence-corrected chi connectivity index (χ0v) is 11.8. The zero-order valence-electron chi connectivity index (χ0n) is 11.8. The number of aromatic hydroxyl groups is 1. The van der Waals surface area contributed by atoms with Gasteiger partial charge in [0, 0.05) is 18.0 Å². The second kappa shape index (κ2) is 5.75. The monoisotopic (exact) mass is 276 g/mol. The summed E-state index contributed by atoms with van der Waals surface area (Å²) in [4.78, 5) is 8.83. The minimum atomic E-state index is -0.0513. The first kappa shape index (κ1) is 13.3. The highest BCUT2D eigenvalue weighted by molar-refractivity contribution is 6.02. The molecule has 0 amide bonds. The average Bonchev–Trinajstić information content (AvgIpc) is 2.54. The van der Waals surface area contributed by atoms with Crippen molar-refractivity contribution >= 4 is 17.0 Å². The predicted octanol–water partition coefficient (Wildman–Crippen LogP) is 4.12. The molecule has 0 spiro atoms. The SMILES string of the molecule is C[C@H](N=Cc1c(O)ccc2ccccc12)c1ccccn1. The highest BCUT2D eigenvalue weighted by Gasteiger charge is 2.06. The first-order chi connectivity index (χ1) is 10.3. The van der Waals surface area contributed by atoms with E-state index in [9.17, 15) is 5.11 Å². The standard InChI is InChI=1S/C18H16N2O/c1-13(17-8-4-5-11-19-17)20-12-16-15-7-3-2-6-14(15)9-10-18(16)21/h2-13,21H,1H3/t13-/m0/s1. The molecule has 104 valence electrons. The molecule has 0 aliphatic heterocycles. The Hall–Kier alpha value is -2.68. The van der Waals surface area contributed by atoms with Crippen molar-refractivity contribution in [3.63, 3.8) is 0 Å². The molecule has 0 saturated carbocycles. The molecule has 0 unspecified atom stereocenters. The number of nitrogens with zero attached hydrogens (tertiary/aromatic N) is 2. The summed E-state index contributed by atoms with van der Waals surface area (Å²) in [5.41, 5.74) is 1.66. The molecule has 0 aliphatic carbocycles. The van der Waals surface area contributed by atoms with Crippen LogP contribution in [0.4, 0.5) is 0 Å². The van der Waals surface area contributed by atoms with E-state index in [-0.39, 0.29) is 11.8 Å². The fourth-order valence-corrected chi connectivity index (χ4v) is 2.31. The van der Waals surface area contributed by atoms with E-state index in [1.807, 2.05) is 55.5 Å². The van der Waals surface area contributed by atoms with Crippen LogP contribution < -0.4 is 0 Å². The highest BCUT2D eigenvalue weighted by Crippen LogP contribution is 2.26. The van der Waals surface area contributed by atoms with Gasteiger partial charge in [-0.25, -0.2) is 0 Å². The van der Waals surface area contributed by atoms with E-state index < -0.39 is 0 Å². The van der Waals surface area contributed by atoms with Crippen LogP contribution in [0.3, 0.4) is 0 Å². The van der Waals surface area contributed by atoms with Crippen molar-refractivity contribution in [1.29, 1.82) is 0 Å². The topological polar surface area (TPSA) is 45.5 Å². The van der Waals surface area contributed by atoms with Gasteiger partial charge in [-0.3, -0.25) is 9.98 Å². The lowest BCUT2D eigenvalue weighted by atomic mass is 10.0. The molecular weight excluding hydrogens is 260 g/mol. The summed E-state index contributed by atoms with van der Waals surface area (Å²) in [6.45, 7) is 1.99. The summed E-state index contributed by atoms with van der Waals surface area (Å²) in [5, 5.41) is 12.2.